The van der Waals surface area contributed by atoms with Crippen LogP contribution in [-0.4, -0.2) is 63.7 Å². The number of fused-ring (bicyclic) bond motifs is 1. The first-order chi connectivity index (χ1) is 20.9. The number of hydrogen-bond acceptors (Lipinski definition) is 6. The van der Waals surface area contributed by atoms with Crippen molar-refractivity contribution in [2.45, 2.75) is 128 Å². The lowest BCUT2D eigenvalue weighted by atomic mass is 9.79. The van der Waals surface area contributed by atoms with E-state index in [1.54, 1.807) is 50.5 Å². The first kappa shape index (κ1) is 38.7. The van der Waals surface area contributed by atoms with Crippen LogP contribution in [0.15, 0.2) is 18.2 Å². The average molecular weight is 697 g/mol. The van der Waals surface area contributed by atoms with Crippen molar-refractivity contribution in [3.05, 3.63) is 29.6 Å². The second kappa shape index (κ2) is 14.4. The van der Waals surface area contributed by atoms with Gasteiger partial charge in [-0.05, 0) is 71.2 Å². The number of benzene rings is 1. The first-order valence-electron chi connectivity index (χ1n) is 15.5. The molecule has 46 heavy (non-hydrogen) atoms. The molecule has 262 valence electrons. The van der Waals surface area contributed by atoms with Crippen molar-refractivity contribution in [1.82, 2.24) is 19.6 Å². The van der Waals surface area contributed by atoms with Crippen molar-refractivity contribution in [3.63, 3.8) is 0 Å². The zero-order valence-corrected chi connectivity index (χ0v) is 30.1. The monoisotopic (exact) mass is 696 g/mol. The fourth-order valence-electron chi connectivity index (χ4n) is 4.79. The van der Waals surface area contributed by atoms with Gasteiger partial charge in [0.05, 0.1) is 23.7 Å². The molecular weight excluding hydrogens is 648 g/mol. The van der Waals surface area contributed by atoms with Gasteiger partial charge in [0.2, 0.25) is 11.8 Å². The molecule has 1 aliphatic rings. The second-order valence-electron chi connectivity index (χ2n) is 15.0. The molecule has 15 heteroatoms. The van der Waals surface area contributed by atoms with E-state index < -0.39 is 60.6 Å². The Bertz CT molecular complexity index is 1340. The zero-order valence-electron chi connectivity index (χ0n) is 28.2. The summed E-state index contributed by atoms with van der Waals surface area (Å²) in [5.74, 6) is -3.08. The maximum absolute atomic E-state index is 13.7. The van der Waals surface area contributed by atoms with Crippen molar-refractivity contribution in [2.24, 2.45) is 5.92 Å². The predicted octanol–water partition coefficient (Wildman–Crippen LogP) is 7.41. The molecule has 3 rings (SSSR count). The van der Waals surface area contributed by atoms with E-state index in [4.69, 9.17) is 14.5 Å². The standard InChI is InChI=1S/C31H49F5N4O4SSi/c1-20(37-26(41)14-21-16-30(32,33)17-21)22-10-11-25-23(15-22)38-27(40(25)19-43-12-13-46(7,8)9)24(39-45(42)28(2,3)4)18-44-29(5,6)31(34,35)36/h10-11,15,20-21,24,39H,12-14,16-19H2,1-9H3,(H,37,41)/t20-,24+,45?/m1/s1. The maximum atomic E-state index is 13.7. The molecule has 1 aromatic heterocycles. The summed E-state index contributed by atoms with van der Waals surface area (Å²) in [5.41, 5.74) is -0.653. The molecular formula is C31H49F5N4O4SSi. The van der Waals surface area contributed by atoms with Gasteiger partial charge < -0.3 is 23.9 Å². The van der Waals surface area contributed by atoms with Gasteiger partial charge in [-0.1, -0.05) is 25.7 Å². The summed E-state index contributed by atoms with van der Waals surface area (Å²) in [6, 6.07) is 4.78. The molecule has 8 nitrogen and oxygen atoms in total. The lowest BCUT2D eigenvalue weighted by Gasteiger charge is -2.34. The predicted molar refractivity (Wildman–Crippen MR) is 173 cm³/mol. The molecule has 1 aliphatic carbocycles. The fraction of sp³-hybridized carbons (Fsp3) is 0.742. The molecule has 1 saturated carbocycles. The van der Waals surface area contributed by atoms with Gasteiger partial charge in [-0.2, -0.15) is 13.2 Å². The minimum absolute atomic E-state index is 0.0161. The number of aromatic nitrogens is 2. The molecule has 1 aromatic carbocycles. The van der Waals surface area contributed by atoms with E-state index >= 15 is 0 Å². The molecule has 2 aromatic rings. The molecule has 0 radical (unpaired) electrons. The SMILES string of the molecule is C[C@@H](NC(=O)CC1CC(F)(F)C1)c1ccc2c(c1)nc([C@H](COC(C)(C)C(F)(F)F)N[S+]([O-])C(C)(C)C)n2COCC[Si](C)(C)C. The Kier molecular flexibility index (Phi) is 12.1. The molecule has 3 atom stereocenters. The van der Waals surface area contributed by atoms with Crippen LogP contribution >= 0.6 is 0 Å². The smallest absolute Gasteiger partial charge is 0.416 e. The third kappa shape index (κ3) is 10.6. The molecule has 2 N–H and O–H groups in total. The van der Waals surface area contributed by atoms with E-state index in [1.807, 2.05) is 0 Å². The van der Waals surface area contributed by atoms with Crippen LogP contribution in [0.1, 0.15) is 84.3 Å². The van der Waals surface area contributed by atoms with Crippen LogP contribution in [0, 0.1) is 5.92 Å². The van der Waals surface area contributed by atoms with Crippen molar-refractivity contribution in [3.8, 4) is 0 Å². The summed E-state index contributed by atoms with van der Waals surface area (Å²) in [5, 5.41) is 2.86. The number of hydrogen-bond donors (Lipinski definition) is 2. The number of carbonyl (C=O) groups is 1. The van der Waals surface area contributed by atoms with Gasteiger partial charge in [-0.25, -0.2) is 13.8 Å². The van der Waals surface area contributed by atoms with Crippen molar-refractivity contribution < 1.29 is 40.8 Å². The maximum Gasteiger partial charge on any atom is 0.416 e. The van der Waals surface area contributed by atoms with E-state index in [1.165, 1.54) is 0 Å². The minimum atomic E-state index is -4.64. The van der Waals surface area contributed by atoms with E-state index in [9.17, 15) is 31.3 Å². The number of nitrogens with zero attached hydrogens (tertiary/aromatic N) is 2. The number of carbonyl (C=O) groups excluding carboxylic acids is 1. The number of halogens is 5. The topological polar surface area (TPSA) is 100 Å². The Labute approximate surface area is 272 Å². The highest BCUT2D eigenvalue weighted by atomic mass is 32.2. The summed E-state index contributed by atoms with van der Waals surface area (Å²) in [4.78, 5) is 17.3. The zero-order chi connectivity index (χ0) is 34.9. The molecule has 1 heterocycles. The highest BCUT2D eigenvalue weighted by molar-refractivity contribution is 7.90. The van der Waals surface area contributed by atoms with Crippen molar-refractivity contribution in [2.75, 3.05) is 13.2 Å². The molecule has 0 spiro atoms. The highest BCUT2D eigenvalue weighted by Crippen LogP contribution is 2.44. The largest absolute Gasteiger partial charge is 0.598 e. The quantitative estimate of drug-likeness (QED) is 0.0871. The third-order valence-corrected chi connectivity index (χ3v) is 11.3. The van der Waals surface area contributed by atoms with E-state index in [2.05, 4.69) is 29.7 Å². The molecule has 1 amide bonds. The number of rotatable bonds is 15. The number of nitrogens with one attached hydrogen (secondary N) is 2. The average Bonchev–Trinajstić information content (AvgIpc) is 3.23. The normalized spacial score (nSPS) is 18.3. The van der Waals surface area contributed by atoms with Gasteiger partial charge in [0, 0.05) is 45.3 Å². The van der Waals surface area contributed by atoms with Gasteiger partial charge in [0.15, 0.2) is 5.60 Å². The summed E-state index contributed by atoms with van der Waals surface area (Å²) in [6.45, 7) is 15.6. The lowest BCUT2D eigenvalue weighted by molar-refractivity contribution is -0.265. The van der Waals surface area contributed by atoms with Gasteiger partial charge in [-0.15, -0.1) is 4.72 Å². The van der Waals surface area contributed by atoms with Crippen LogP contribution in [0.5, 0.6) is 0 Å². The van der Waals surface area contributed by atoms with Gasteiger partial charge in [-0.3, -0.25) is 4.79 Å². The second-order valence-corrected chi connectivity index (χ2v) is 22.6. The fourth-order valence-corrected chi connectivity index (χ4v) is 6.33. The van der Waals surface area contributed by atoms with Crippen LogP contribution in [0.25, 0.3) is 11.0 Å². The number of alkyl halides is 5. The summed E-state index contributed by atoms with van der Waals surface area (Å²) >= 11 is -1.69. The van der Waals surface area contributed by atoms with Crippen LogP contribution < -0.4 is 10.0 Å². The van der Waals surface area contributed by atoms with Gasteiger partial charge in [0.25, 0.3) is 0 Å². The van der Waals surface area contributed by atoms with E-state index in [-0.39, 0.29) is 37.8 Å². The Morgan fingerprint density at radius 3 is 2.35 bits per heavy atom. The molecule has 0 saturated heterocycles. The van der Waals surface area contributed by atoms with Crippen LogP contribution in [0.4, 0.5) is 22.0 Å². The molecule has 0 aliphatic heterocycles. The van der Waals surface area contributed by atoms with Crippen molar-refractivity contribution in [1.29, 1.82) is 0 Å². The number of amides is 1. The van der Waals surface area contributed by atoms with Gasteiger partial charge in [0.1, 0.15) is 23.3 Å². The Hall–Kier alpha value is -1.78. The Morgan fingerprint density at radius 2 is 1.80 bits per heavy atom. The van der Waals surface area contributed by atoms with Crippen molar-refractivity contribution >= 4 is 36.4 Å². The molecule has 1 fully saturated rings. The number of imidazole rings is 1. The third-order valence-electron chi connectivity index (χ3n) is 7.96. The summed E-state index contributed by atoms with van der Waals surface area (Å²) < 4.78 is 96.2. The van der Waals surface area contributed by atoms with Crippen LogP contribution in [0.2, 0.25) is 25.7 Å². The summed E-state index contributed by atoms with van der Waals surface area (Å²) in [7, 11) is -1.41. The van der Waals surface area contributed by atoms with Crippen LogP contribution in [0.3, 0.4) is 0 Å². The first-order valence-corrected chi connectivity index (χ1v) is 20.4. The Balaban J connectivity index is 1.95. The van der Waals surface area contributed by atoms with E-state index in [0.29, 0.717) is 29.0 Å². The van der Waals surface area contributed by atoms with Gasteiger partial charge >= 0.3 is 6.18 Å². The summed E-state index contributed by atoms with van der Waals surface area (Å²) in [6.07, 6.45) is -5.21. The van der Waals surface area contributed by atoms with E-state index in [0.717, 1.165) is 19.9 Å². The number of ether oxygens (including phenoxy) is 2. The highest BCUT2D eigenvalue weighted by Gasteiger charge is 2.49. The molecule has 0 bridgehead atoms. The minimum Gasteiger partial charge on any atom is -0.598 e. The molecule has 1 unspecified atom stereocenters. The van der Waals surface area contributed by atoms with Crippen LogP contribution in [-0.2, 0) is 32.4 Å². The lowest BCUT2D eigenvalue weighted by Crippen LogP contribution is -2.47. The Morgan fingerprint density at radius 1 is 1.17 bits per heavy atom.